The van der Waals surface area contributed by atoms with Crippen LogP contribution < -0.4 is 9.64 Å². The van der Waals surface area contributed by atoms with Gasteiger partial charge in [-0.15, -0.1) is 11.6 Å². The summed E-state index contributed by atoms with van der Waals surface area (Å²) < 4.78 is 6.05. The van der Waals surface area contributed by atoms with E-state index in [0.717, 1.165) is 46.8 Å². The number of benzene rings is 2. The first-order chi connectivity index (χ1) is 15.5. The third-order valence-electron chi connectivity index (χ3n) is 6.14. The Balaban J connectivity index is 1.48. The minimum Gasteiger partial charge on any atom is -0.490 e. The smallest absolute Gasteiger partial charge is 0.328 e. The first kappa shape index (κ1) is 21.1. The van der Waals surface area contributed by atoms with E-state index in [1.54, 1.807) is 17.2 Å². The fraction of sp³-hybridized carbons (Fsp3) is 0.280. The predicted octanol–water partition coefficient (Wildman–Crippen LogP) is 6.61. The second-order valence-electron chi connectivity index (χ2n) is 8.21. The molecule has 3 aromatic rings. The highest BCUT2D eigenvalue weighted by Gasteiger charge is 2.43. The summed E-state index contributed by atoms with van der Waals surface area (Å²) in [7, 11) is 0. The summed E-state index contributed by atoms with van der Waals surface area (Å²) in [5.74, 6) is -0.169. The lowest BCUT2D eigenvalue weighted by Crippen LogP contribution is -2.36. The SMILES string of the molecule is O=C(O)C1C(Cl)c2cc(-c3ccc(Cl)cn3)ccc2N1c1ccc(OC2CCCC2)cc1. The Morgan fingerprint density at radius 3 is 2.47 bits per heavy atom. The van der Waals surface area contributed by atoms with Gasteiger partial charge in [-0.2, -0.15) is 0 Å². The highest BCUT2D eigenvalue weighted by molar-refractivity contribution is 6.30. The summed E-state index contributed by atoms with van der Waals surface area (Å²) in [6.07, 6.45) is 6.44. The molecule has 2 aromatic carbocycles. The lowest BCUT2D eigenvalue weighted by atomic mass is 10.0. The van der Waals surface area contributed by atoms with Crippen LogP contribution in [0.25, 0.3) is 11.3 Å². The molecule has 1 aromatic heterocycles. The molecule has 5 nitrogen and oxygen atoms in total. The number of ether oxygens (including phenoxy) is 1. The van der Waals surface area contributed by atoms with E-state index in [2.05, 4.69) is 4.98 Å². The molecular formula is C25H22Cl2N2O3. The van der Waals surface area contributed by atoms with Crippen LogP contribution in [0.2, 0.25) is 5.02 Å². The number of pyridine rings is 1. The van der Waals surface area contributed by atoms with E-state index in [9.17, 15) is 9.90 Å². The molecule has 2 atom stereocenters. The Labute approximate surface area is 196 Å². The van der Waals surface area contributed by atoms with Crippen LogP contribution >= 0.6 is 23.2 Å². The molecule has 2 aliphatic rings. The lowest BCUT2D eigenvalue weighted by molar-refractivity contribution is -0.138. The number of carboxylic acids is 1. The van der Waals surface area contributed by atoms with Crippen molar-refractivity contribution >= 4 is 40.5 Å². The normalized spacial score (nSPS) is 20.4. The average Bonchev–Trinajstić information content (AvgIpc) is 3.41. The number of anilines is 2. The molecule has 2 unspecified atom stereocenters. The zero-order valence-corrected chi connectivity index (χ0v) is 18.8. The number of carbonyl (C=O) groups is 1. The molecule has 0 radical (unpaired) electrons. The maximum absolute atomic E-state index is 12.2. The highest BCUT2D eigenvalue weighted by Crippen LogP contribution is 2.48. The third kappa shape index (κ3) is 3.91. The van der Waals surface area contributed by atoms with Crippen molar-refractivity contribution in [1.82, 2.24) is 4.98 Å². The molecular weight excluding hydrogens is 447 g/mol. The van der Waals surface area contributed by atoms with Gasteiger partial charge in [-0.1, -0.05) is 17.7 Å². The minimum atomic E-state index is -0.973. The first-order valence-electron chi connectivity index (χ1n) is 10.7. The molecule has 1 aliphatic heterocycles. The van der Waals surface area contributed by atoms with Gasteiger partial charge in [-0.05, 0) is 79.8 Å². The molecule has 5 rings (SSSR count). The zero-order valence-electron chi connectivity index (χ0n) is 17.2. The molecule has 1 aliphatic carbocycles. The fourth-order valence-electron chi connectivity index (χ4n) is 4.57. The maximum Gasteiger partial charge on any atom is 0.328 e. The Bertz CT molecular complexity index is 1130. The van der Waals surface area contributed by atoms with E-state index >= 15 is 0 Å². The average molecular weight is 469 g/mol. The van der Waals surface area contributed by atoms with Gasteiger partial charge in [0.15, 0.2) is 6.04 Å². The summed E-state index contributed by atoms with van der Waals surface area (Å²) in [5.41, 5.74) is 3.91. The number of aromatic nitrogens is 1. The highest BCUT2D eigenvalue weighted by atomic mass is 35.5. The molecule has 32 heavy (non-hydrogen) atoms. The van der Waals surface area contributed by atoms with E-state index in [1.165, 1.54) is 12.8 Å². The van der Waals surface area contributed by atoms with E-state index in [4.69, 9.17) is 27.9 Å². The number of hydrogen-bond acceptors (Lipinski definition) is 4. The topological polar surface area (TPSA) is 62.7 Å². The Morgan fingerprint density at radius 2 is 1.81 bits per heavy atom. The van der Waals surface area contributed by atoms with Crippen molar-refractivity contribution in [2.45, 2.75) is 43.2 Å². The number of fused-ring (bicyclic) bond motifs is 1. The van der Waals surface area contributed by atoms with Gasteiger partial charge in [0, 0.05) is 23.1 Å². The quantitative estimate of drug-likeness (QED) is 0.426. The Morgan fingerprint density at radius 1 is 1.06 bits per heavy atom. The van der Waals surface area contributed by atoms with Crippen LogP contribution in [0.1, 0.15) is 36.6 Å². The largest absolute Gasteiger partial charge is 0.490 e. The van der Waals surface area contributed by atoms with Gasteiger partial charge in [-0.3, -0.25) is 4.98 Å². The van der Waals surface area contributed by atoms with Crippen molar-refractivity contribution in [1.29, 1.82) is 0 Å². The monoisotopic (exact) mass is 468 g/mol. The van der Waals surface area contributed by atoms with Crippen LogP contribution in [-0.4, -0.2) is 28.2 Å². The molecule has 1 saturated carbocycles. The molecule has 7 heteroatoms. The molecule has 0 saturated heterocycles. The van der Waals surface area contributed by atoms with Gasteiger partial charge in [0.25, 0.3) is 0 Å². The van der Waals surface area contributed by atoms with E-state index in [-0.39, 0.29) is 6.10 Å². The number of halogens is 2. The van der Waals surface area contributed by atoms with E-state index in [0.29, 0.717) is 5.02 Å². The van der Waals surface area contributed by atoms with Crippen molar-refractivity contribution in [3.63, 3.8) is 0 Å². The van der Waals surface area contributed by atoms with Crippen LogP contribution in [0.5, 0.6) is 5.75 Å². The standard InChI is InChI=1S/C25H22Cl2N2O3/c26-16-6-11-21(28-14-16)15-5-12-22-20(13-15)23(27)24(25(30)31)29(22)17-7-9-19(10-8-17)32-18-3-1-2-4-18/h5-14,18,23-24H,1-4H2,(H,30,31). The number of aliphatic carboxylic acids is 1. The lowest BCUT2D eigenvalue weighted by Gasteiger charge is -2.26. The van der Waals surface area contributed by atoms with Crippen molar-refractivity contribution < 1.29 is 14.6 Å². The summed E-state index contributed by atoms with van der Waals surface area (Å²) >= 11 is 12.6. The molecule has 1 N–H and O–H groups in total. The predicted molar refractivity (Wildman–Crippen MR) is 126 cm³/mol. The molecule has 0 bridgehead atoms. The molecule has 2 heterocycles. The van der Waals surface area contributed by atoms with Crippen molar-refractivity contribution in [3.05, 3.63) is 71.4 Å². The van der Waals surface area contributed by atoms with Gasteiger partial charge in [0.1, 0.15) is 5.75 Å². The van der Waals surface area contributed by atoms with E-state index in [1.807, 2.05) is 48.5 Å². The minimum absolute atomic E-state index is 0.271. The Hall–Kier alpha value is -2.76. The number of alkyl halides is 1. The number of nitrogens with zero attached hydrogens (tertiary/aromatic N) is 2. The molecule has 164 valence electrons. The van der Waals surface area contributed by atoms with Crippen LogP contribution in [0.4, 0.5) is 11.4 Å². The molecule has 0 spiro atoms. The van der Waals surface area contributed by atoms with Crippen LogP contribution in [-0.2, 0) is 4.79 Å². The molecule has 0 amide bonds. The van der Waals surface area contributed by atoms with Gasteiger partial charge >= 0.3 is 5.97 Å². The first-order valence-corrected chi connectivity index (χ1v) is 11.5. The number of hydrogen-bond donors (Lipinski definition) is 1. The molecule has 1 fully saturated rings. The van der Waals surface area contributed by atoms with Gasteiger partial charge in [0.05, 0.1) is 22.2 Å². The third-order valence-corrected chi connectivity index (χ3v) is 6.83. The zero-order chi connectivity index (χ0) is 22.2. The summed E-state index contributed by atoms with van der Waals surface area (Å²) in [5, 5.41) is 9.82. The number of carboxylic acid groups (broad SMARTS) is 1. The number of rotatable bonds is 5. The second-order valence-corrected chi connectivity index (χ2v) is 9.11. The summed E-state index contributed by atoms with van der Waals surface area (Å²) in [6, 6.07) is 16.0. The maximum atomic E-state index is 12.2. The van der Waals surface area contributed by atoms with Crippen LogP contribution in [0, 0.1) is 0 Å². The van der Waals surface area contributed by atoms with Crippen molar-refractivity contribution in [2.24, 2.45) is 0 Å². The van der Waals surface area contributed by atoms with E-state index < -0.39 is 17.4 Å². The fourth-order valence-corrected chi connectivity index (χ4v) is 5.08. The second kappa shape index (κ2) is 8.64. The van der Waals surface area contributed by atoms with Gasteiger partial charge in [0.2, 0.25) is 0 Å². The summed E-state index contributed by atoms with van der Waals surface area (Å²) in [4.78, 5) is 18.3. The van der Waals surface area contributed by atoms with Gasteiger partial charge in [-0.25, -0.2) is 4.79 Å². The summed E-state index contributed by atoms with van der Waals surface area (Å²) in [6.45, 7) is 0. The van der Waals surface area contributed by atoms with Crippen LogP contribution in [0.3, 0.4) is 0 Å². The van der Waals surface area contributed by atoms with Crippen LogP contribution in [0.15, 0.2) is 60.8 Å². The Kier molecular flexibility index (Phi) is 5.70. The van der Waals surface area contributed by atoms with Gasteiger partial charge < -0.3 is 14.7 Å². The van der Waals surface area contributed by atoms with Crippen molar-refractivity contribution in [2.75, 3.05) is 4.90 Å². The van der Waals surface area contributed by atoms with Crippen molar-refractivity contribution in [3.8, 4) is 17.0 Å².